The van der Waals surface area contributed by atoms with Crippen molar-refractivity contribution in [2.45, 2.75) is 51.5 Å². The topological polar surface area (TPSA) is 0 Å². The quantitative estimate of drug-likeness (QED) is 0.533. The van der Waals surface area contributed by atoms with Gasteiger partial charge in [0, 0.05) is 21.1 Å². The maximum absolute atomic E-state index is 3.42. The summed E-state index contributed by atoms with van der Waals surface area (Å²) in [5, 5.41) is 0. The Bertz CT molecular complexity index is 20.1. The van der Waals surface area contributed by atoms with E-state index in [4.69, 9.17) is 0 Å². The van der Waals surface area contributed by atoms with Crippen LogP contribution in [0.25, 0.3) is 0 Å². The van der Waals surface area contributed by atoms with Crippen molar-refractivity contribution in [2.24, 2.45) is 0 Å². The monoisotopic (exact) mass is 335 g/mol. The van der Waals surface area contributed by atoms with Gasteiger partial charge >= 0.3 is 0 Å². The molecule has 0 aromatic rings. The predicted molar refractivity (Wildman–Crippen MR) is 60.6 cm³/mol. The molecule has 78 valence electrons. The summed E-state index contributed by atoms with van der Waals surface area (Å²) in [7, 11) is 0. The smallest absolute Gasteiger partial charge is 0 e. The van der Waals surface area contributed by atoms with Gasteiger partial charge < -0.3 is 0 Å². The van der Waals surface area contributed by atoms with Crippen LogP contribution in [0.5, 0.6) is 0 Å². The molecule has 0 unspecified atom stereocenters. The molecule has 11 heavy (non-hydrogen) atoms. The van der Waals surface area contributed by atoms with Crippen molar-refractivity contribution in [3.63, 3.8) is 0 Å². The molecule has 0 bridgehead atoms. The van der Waals surface area contributed by atoms with E-state index in [9.17, 15) is 0 Å². The first-order valence-corrected chi connectivity index (χ1v) is 1.32. The van der Waals surface area contributed by atoms with E-state index in [1.807, 2.05) is 13.0 Å². The Morgan fingerprint density at radius 3 is 0.909 bits per heavy atom. The van der Waals surface area contributed by atoms with Crippen molar-refractivity contribution in [2.75, 3.05) is 0 Å². The van der Waals surface area contributed by atoms with Crippen LogP contribution in [-0.4, -0.2) is 0 Å². The molecule has 0 aliphatic rings. The third-order valence-electron chi connectivity index (χ3n) is 0.236. The zero-order valence-electron chi connectivity index (χ0n) is 3.27. The van der Waals surface area contributed by atoms with Crippen LogP contribution in [0.2, 0.25) is 0 Å². The summed E-state index contributed by atoms with van der Waals surface area (Å²) in [5.74, 6) is 0. The average Bonchev–Trinajstić information content (AvgIpc) is 1.37. The third-order valence-corrected chi connectivity index (χ3v) is 0.236. The van der Waals surface area contributed by atoms with Crippen LogP contribution >= 0.6 is 0 Å². The summed E-state index contributed by atoms with van der Waals surface area (Å²) >= 11 is 0. The van der Waals surface area contributed by atoms with Crippen molar-refractivity contribution < 1.29 is 21.1 Å². The summed E-state index contributed by atoms with van der Waals surface area (Å²) in [6, 6.07) is 0. The molecule has 0 fully saturated rings. The first-order chi connectivity index (χ1) is 1.91. The van der Waals surface area contributed by atoms with E-state index in [0.717, 1.165) is 0 Å². The maximum Gasteiger partial charge on any atom is 0 e. The fourth-order valence-electron chi connectivity index (χ4n) is 0. The van der Waals surface area contributed by atoms with Gasteiger partial charge in [-0.25, -0.2) is 19.1 Å². The summed E-state index contributed by atoms with van der Waals surface area (Å²) < 4.78 is 0. The van der Waals surface area contributed by atoms with E-state index >= 15 is 0 Å². The number of hydrogen-bond acceptors (Lipinski definition) is 0. The molecule has 0 saturated carbocycles. The molecule has 0 rings (SSSR count). The Morgan fingerprint density at radius 1 is 0.818 bits per heavy atom. The Kier molecular flexibility index (Phi) is 1690. The van der Waals surface area contributed by atoms with Gasteiger partial charge in [-0.15, -0.1) is 6.92 Å². The normalized spacial score (nSPS) is 3.36. The van der Waals surface area contributed by atoms with Gasteiger partial charge in [-0.05, 0) is 0 Å². The fraction of sp³-hybridized carbons (Fsp3) is 0.700. The van der Waals surface area contributed by atoms with Crippen molar-refractivity contribution in [3.8, 4) is 0 Å². The van der Waals surface area contributed by atoms with Crippen molar-refractivity contribution in [1.82, 2.24) is 0 Å². The predicted octanol–water partition coefficient (Wildman–Crippen LogP) is 5.21. The molecule has 0 aliphatic carbocycles. The number of allylic oxidation sites excluding steroid dienone is 2. The van der Waals surface area contributed by atoms with Gasteiger partial charge in [0.2, 0.25) is 0 Å². The minimum atomic E-state index is 0. The van der Waals surface area contributed by atoms with Crippen molar-refractivity contribution >= 4 is 0 Å². The summed E-state index contributed by atoms with van der Waals surface area (Å²) in [5.41, 5.74) is 0. The zero-order chi connectivity index (χ0) is 3.41. The van der Waals surface area contributed by atoms with Crippen LogP contribution in [0.4, 0.5) is 0 Å². The third kappa shape index (κ3) is 421. The summed E-state index contributed by atoms with van der Waals surface area (Å²) in [6.07, 6.45) is 3.64. The van der Waals surface area contributed by atoms with E-state index in [1.54, 1.807) is 6.08 Å². The number of hydrogen-bond donors (Lipinski definition) is 0. The van der Waals surface area contributed by atoms with Gasteiger partial charge in [0.1, 0.15) is 0 Å². The van der Waals surface area contributed by atoms with Crippen LogP contribution in [0.1, 0.15) is 51.5 Å². The van der Waals surface area contributed by atoms with Crippen molar-refractivity contribution in [1.29, 1.82) is 0 Å². The van der Waals surface area contributed by atoms with Gasteiger partial charge in [-0.3, -0.25) is 0 Å². The molecule has 0 spiro atoms. The molecule has 0 saturated heterocycles. The van der Waals surface area contributed by atoms with E-state index in [-0.39, 0.29) is 65.6 Å². The number of rotatable bonds is 0. The van der Waals surface area contributed by atoms with Crippen LogP contribution in [0.3, 0.4) is 0 Å². The molecule has 0 amide bonds. The van der Waals surface area contributed by atoms with Gasteiger partial charge in [0.25, 0.3) is 0 Å². The Balaban J connectivity index is -0.00000000214. The van der Waals surface area contributed by atoms with Gasteiger partial charge in [0.15, 0.2) is 0 Å². The molecular weight excluding hydrogens is 304 g/mol. The minimum Gasteiger partial charge on any atom is -0.245 e. The van der Waals surface area contributed by atoms with Crippen LogP contribution < -0.4 is 0 Å². The molecule has 0 atom stereocenters. The molecule has 0 nitrogen and oxygen atoms in total. The second-order valence-electron chi connectivity index (χ2n) is 0.569. The van der Waals surface area contributed by atoms with E-state index in [1.165, 1.54) is 0 Å². The van der Waals surface area contributed by atoms with Crippen LogP contribution in [0.15, 0.2) is 12.2 Å². The minimum absolute atomic E-state index is 0. The largest absolute Gasteiger partial charge is 0.245 e. The molecule has 0 N–H and O–H groups in total. The first-order valence-electron chi connectivity index (χ1n) is 1.32. The second kappa shape index (κ2) is 169. The first kappa shape index (κ1) is 110. The molecule has 0 aliphatic heterocycles. The van der Waals surface area contributed by atoms with Crippen molar-refractivity contribution in [3.05, 3.63) is 19.1 Å². The molecule has 0 heterocycles. The molecule has 0 aromatic heterocycles. The zero-order valence-corrected chi connectivity index (χ0v) is 6.20. The standard InChI is InChI=1S/C4H7.6CH4.W/c1-3-4-2;;;;;;;/h3-4H,1H2,2H3;6*1H4;/q-1;;;;;;;. The van der Waals surface area contributed by atoms with Gasteiger partial charge in [0.05, 0.1) is 0 Å². The summed E-state index contributed by atoms with van der Waals surface area (Å²) in [6.45, 7) is 5.36. The molecule has 0 radical (unpaired) electrons. The van der Waals surface area contributed by atoms with Gasteiger partial charge in [-0.1, -0.05) is 44.6 Å². The van der Waals surface area contributed by atoms with E-state index in [2.05, 4.69) is 6.92 Å². The Labute approximate surface area is 91.8 Å². The maximum atomic E-state index is 3.42. The Morgan fingerprint density at radius 2 is 0.909 bits per heavy atom. The van der Waals surface area contributed by atoms with Crippen LogP contribution in [-0.2, 0) is 21.1 Å². The Hall–Kier alpha value is 0.298. The van der Waals surface area contributed by atoms with E-state index in [0.29, 0.717) is 0 Å². The molecule has 1 heteroatoms. The van der Waals surface area contributed by atoms with Gasteiger partial charge in [-0.2, -0.15) is 0 Å². The molecule has 0 aromatic carbocycles. The van der Waals surface area contributed by atoms with E-state index < -0.39 is 0 Å². The van der Waals surface area contributed by atoms with Crippen LogP contribution in [0, 0.1) is 6.92 Å². The molecular formula is C10H31W-. The second-order valence-corrected chi connectivity index (χ2v) is 0.569. The summed E-state index contributed by atoms with van der Waals surface area (Å²) in [4.78, 5) is 0. The SMILES string of the molecule is C.C.C.C.C.C.[CH2-]C=CC.[W]. The average molecular weight is 335 g/mol. The fourth-order valence-corrected chi connectivity index (χ4v) is 0.